The maximum Gasteiger partial charge on any atom is 0.241 e. The zero-order valence-corrected chi connectivity index (χ0v) is 13.2. The highest BCUT2D eigenvalue weighted by Gasteiger charge is 2.15. The molecule has 0 bridgehead atoms. The second-order valence-corrected chi connectivity index (χ2v) is 5.77. The SMILES string of the molecule is CCC[C@@H](N)C(=O)Nc1c(Br)cc(Cl)cc1Br. The molecule has 0 radical (unpaired) electrons. The lowest BCUT2D eigenvalue weighted by Gasteiger charge is -2.14. The van der Waals surface area contributed by atoms with Crippen LogP contribution in [0.1, 0.15) is 19.8 Å². The first-order valence-corrected chi connectivity index (χ1v) is 7.13. The van der Waals surface area contributed by atoms with Crippen molar-refractivity contribution in [1.29, 1.82) is 0 Å². The third-order valence-corrected chi connectivity index (χ3v) is 3.66. The molecule has 0 saturated heterocycles. The molecule has 1 aromatic carbocycles. The van der Waals surface area contributed by atoms with Crippen LogP contribution in [-0.2, 0) is 4.79 Å². The monoisotopic (exact) mass is 382 g/mol. The molecule has 6 heteroatoms. The van der Waals surface area contributed by atoms with Gasteiger partial charge in [-0.05, 0) is 50.4 Å². The number of benzene rings is 1. The van der Waals surface area contributed by atoms with Crippen LogP contribution in [0.15, 0.2) is 21.1 Å². The van der Waals surface area contributed by atoms with Gasteiger partial charge >= 0.3 is 0 Å². The van der Waals surface area contributed by atoms with E-state index in [2.05, 4.69) is 37.2 Å². The first-order chi connectivity index (χ1) is 7.95. The minimum atomic E-state index is -0.491. The maximum absolute atomic E-state index is 11.8. The predicted molar refractivity (Wildman–Crippen MR) is 78.4 cm³/mol. The van der Waals surface area contributed by atoms with Crippen LogP contribution in [0.4, 0.5) is 5.69 Å². The van der Waals surface area contributed by atoms with E-state index in [0.29, 0.717) is 26.1 Å². The summed E-state index contributed by atoms with van der Waals surface area (Å²) >= 11 is 12.6. The van der Waals surface area contributed by atoms with Crippen molar-refractivity contribution in [1.82, 2.24) is 0 Å². The Balaban J connectivity index is 2.85. The molecule has 0 heterocycles. The molecule has 0 aliphatic carbocycles. The summed E-state index contributed by atoms with van der Waals surface area (Å²) in [5.41, 5.74) is 6.38. The molecule has 3 nitrogen and oxygen atoms in total. The quantitative estimate of drug-likeness (QED) is 0.826. The highest BCUT2D eigenvalue weighted by molar-refractivity contribution is 9.11. The van der Waals surface area contributed by atoms with Gasteiger partial charge in [0.1, 0.15) is 0 Å². The van der Waals surface area contributed by atoms with Crippen LogP contribution in [-0.4, -0.2) is 11.9 Å². The second kappa shape index (κ2) is 6.73. The number of rotatable bonds is 4. The largest absolute Gasteiger partial charge is 0.323 e. The summed E-state index contributed by atoms with van der Waals surface area (Å²) in [5, 5.41) is 3.36. The van der Waals surface area contributed by atoms with Gasteiger partial charge in [-0.25, -0.2) is 0 Å². The maximum atomic E-state index is 11.8. The number of nitrogens with one attached hydrogen (secondary N) is 1. The second-order valence-electron chi connectivity index (χ2n) is 3.63. The Morgan fingerprint density at radius 3 is 2.47 bits per heavy atom. The van der Waals surface area contributed by atoms with Crippen molar-refractivity contribution in [3.63, 3.8) is 0 Å². The number of halogens is 3. The normalized spacial score (nSPS) is 12.3. The van der Waals surface area contributed by atoms with Crippen molar-refractivity contribution in [2.75, 3.05) is 5.32 Å². The van der Waals surface area contributed by atoms with Gasteiger partial charge in [0.2, 0.25) is 5.91 Å². The Bertz CT molecular complexity index is 403. The van der Waals surface area contributed by atoms with Crippen molar-refractivity contribution in [2.24, 2.45) is 5.73 Å². The molecule has 1 atom stereocenters. The van der Waals surface area contributed by atoms with E-state index in [0.717, 1.165) is 6.42 Å². The summed E-state index contributed by atoms with van der Waals surface area (Å²) in [7, 11) is 0. The first-order valence-electron chi connectivity index (χ1n) is 5.16. The zero-order valence-electron chi connectivity index (χ0n) is 9.27. The highest BCUT2D eigenvalue weighted by Crippen LogP contribution is 2.34. The fourth-order valence-corrected chi connectivity index (χ4v) is 3.19. The smallest absolute Gasteiger partial charge is 0.241 e. The van der Waals surface area contributed by atoms with Crippen molar-refractivity contribution in [3.8, 4) is 0 Å². The molecule has 0 unspecified atom stereocenters. The van der Waals surface area contributed by atoms with Crippen LogP contribution in [0.25, 0.3) is 0 Å². The number of hydrogen-bond donors (Lipinski definition) is 2. The van der Waals surface area contributed by atoms with Gasteiger partial charge in [-0.3, -0.25) is 4.79 Å². The summed E-state index contributed by atoms with van der Waals surface area (Å²) in [6.45, 7) is 1.99. The number of carbonyl (C=O) groups is 1. The lowest BCUT2D eigenvalue weighted by Crippen LogP contribution is -2.35. The van der Waals surface area contributed by atoms with E-state index >= 15 is 0 Å². The fourth-order valence-electron chi connectivity index (χ4n) is 1.32. The van der Waals surface area contributed by atoms with Crippen molar-refractivity contribution >= 4 is 55.1 Å². The van der Waals surface area contributed by atoms with Crippen LogP contribution in [0.3, 0.4) is 0 Å². The lowest BCUT2D eigenvalue weighted by atomic mass is 10.1. The van der Waals surface area contributed by atoms with Crippen molar-refractivity contribution in [2.45, 2.75) is 25.8 Å². The van der Waals surface area contributed by atoms with Gasteiger partial charge < -0.3 is 11.1 Å². The summed E-state index contributed by atoms with van der Waals surface area (Å²) in [5.74, 6) is -0.199. The van der Waals surface area contributed by atoms with E-state index in [1.54, 1.807) is 12.1 Å². The molecule has 3 N–H and O–H groups in total. The number of amides is 1. The highest BCUT2D eigenvalue weighted by atomic mass is 79.9. The summed E-state index contributed by atoms with van der Waals surface area (Å²) in [4.78, 5) is 11.8. The third-order valence-electron chi connectivity index (χ3n) is 2.19. The first kappa shape index (κ1) is 15.0. The summed E-state index contributed by atoms with van der Waals surface area (Å²) < 4.78 is 1.43. The minimum Gasteiger partial charge on any atom is -0.323 e. The Morgan fingerprint density at radius 2 is 2.00 bits per heavy atom. The Hall–Kier alpha value is -0.100. The molecule has 0 aliphatic heterocycles. The van der Waals surface area contributed by atoms with Crippen molar-refractivity contribution < 1.29 is 4.79 Å². The molecular formula is C11H13Br2ClN2O. The van der Waals surface area contributed by atoms with Crippen molar-refractivity contribution in [3.05, 3.63) is 26.1 Å². The average molecular weight is 384 g/mol. The fraction of sp³-hybridized carbons (Fsp3) is 0.364. The lowest BCUT2D eigenvalue weighted by molar-refractivity contribution is -0.117. The van der Waals surface area contributed by atoms with E-state index in [1.165, 1.54) is 0 Å². The van der Waals surface area contributed by atoms with Gasteiger partial charge in [0.15, 0.2) is 0 Å². The Morgan fingerprint density at radius 1 is 1.47 bits per heavy atom. The van der Waals surface area contributed by atoms with E-state index in [9.17, 15) is 4.79 Å². The molecule has 17 heavy (non-hydrogen) atoms. The molecule has 1 aromatic rings. The van der Waals surface area contributed by atoms with E-state index in [-0.39, 0.29) is 5.91 Å². The minimum absolute atomic E-state index is 0.199. The van der Waals surface area contributed by atoms with E-state index < -0.39 is 6.04 Å². The van der Waals surface area contributed by atoms with Gasteiger partial charge in [-0.1, -0.05) is 24.9 Å². The Kier molecular flexibility index (Phi) is 5.92. The van der Waals surface area contributed by atoms with Gasteiger partial charge in [-0.15, -0.1) is 0 Å². The van der Waals surface area contributed by atoms with Gasteiger partial charge in [0, 0.05) is 14.0 Å². The summed E-state index contributed by atoms with van der Waals surface area (Å²) in [6.07, 6.45) is 1.53. The van der Waals surface area contributed by atoms with Gasteiger partial charge in [0.25, 0.3) is 0 Å². The van der Waals surface area contributed by atoms with E-state index in [4.69, 9.17) is 17.3 Å². The molecule has 0 aromatic heterocycles. The van der Waals surface area contributed by atoms with Crippen LogP contribution in [0, 0.1) is 0 Å². The zero-order chi connectivity index (χ0) is 13.0. The molecule has 0 saturated carbocycles. The van der Waals surface area contributed by atoms with Gasteiger partial charge in [-0.2, -0.15) is 0 Å². The molecule has 1 rings (SSSR count). The molecule has 0 aliphatic rings. The van der Waals surface area contributed by atoms with E-state index in [1.807, 2.05) is 6.92 Å². The Labute approximate surface area is 122 Å². The van der Waals surface area contributed by atoms with Crippen LogP contribution in [0.2, 0.25) is 5.02 Å². The third kappa shape index (κ3) is 4.25. The van der Waals surface area contributed by atoms with Gasteiger partial charge in [0.05, 0.1) is 11.7 Å². The number of nitrogens with two attached hydrogens (primary N) is 1. The molecule has 94 valence electrons. The van der Waals surface area contributed by atoms with Crippen LogP contribution < -0.4 is 11.1 Å². The average Bonchev–Trinajstić information content (AvgIpc) is 2.23. The molecule has 0 spiro atoms. The number of anilines is 1. The molecule has 1 amide bonds. The standard InChI is InChI=1S/C11H13Br2ClN2O/c1-2-3-9(15)11(17)16-10-7(12)4-6(14)5-8(10)13/h4-5,9H,2-3,15H2,1H3,(H,16,17)/t9-/m1/s1. The number of carbonyl (C=O) groups excluding carboxylic acids is 1. The summed E-state index contributed by atoms with van der Waals surface area (Å²) in [6, 6.07) is 2.94. The predicted octanol–water partition coefficient (Wildman–Crippen LogP) is 3.93. The molecule has 0 fully saturated rings. The molecular weight excluding hydrogens is 371 g/mol. The van der Waals surface area contributed by atoms with Crippen LogP contribution in [0.5, 0.6) is 0 Å². The van der Waals surface area contributed by atoms with Crippen LogP contribution >= 0.6 is 43.5 Å². The number of hydrogen-bond acceptors (Lipinski definition) is 2. The topological polar surface area (TPSA) is 55.1 Å².